The van der Waals surface area contributed by atoms with E-state index < -0.39 is 0 Å². The van der Waals surface area contributed by atoms with E-state index in [0.29, 0.717) is 41.8 Å². The Morgan fingerprint density at radius 3 is 2.48 bits per heavy atom. The molecule has 2 aliphatic rings. The predicted molar refractivity (Wildman–Crippen MR) is 155 cm³/mol. The summed E-state index contributed by atoms with van der Waals surface area (Å²) in [6, 6.07) is 15.7. The monoisotopic (exact) mass is 557 g/mol. The number of benzene rings is 2. The third kappa shape index (κ3) is 4.92. The van der Waals surface area contributed by atoms with Crippen LogP contribution in [0.3, 0.4) is 0 Å². The van der Waals surface area contributed by atoms with E-state index in [-0.39, 0.29) is 23.5 Å². The van der Waals surface area contributed by atoms with Crippen molar-refractivity contribution in [3.8, 4) is 5.69 Å². The van der Waals surface area contributed by atoms with Gasteiger partial charge in [-0.2, -0.15) is 0 Å². The molecule has 0 unspecified atom stereocenters. The van der Waals surface area contributed by atoms with E-state index in [4.69, 9.17) is 11.6 Å². The summed E-state index contributed by atoms with van der Waals surface area (Å²) >= 11 is 6.05. The molecule has 0 saturated heterocycles. The summed E-state index contributed by atoms with van der Waals surface area (Å²) < 4.78 is 3.69. The average Bonchev–Trinajstić information content (AvgIpc) is 3.49. The van der Waals surface area contributed by atoms with E-state index in [1.807, 2.05) is 51.9 Å². The van der Waals surface area contributed by atoms with Gasteiger partial charge in [-0.15, -0.1) is 0 Å². The molecule has 0 atom stereocenters. The Morgan fingerprint density at radius 1 is 1.00 bits per heavy atom. The number of rotatable bonds is 5. The molecule has 206 valence electrons. The van der Waals surface area contributed by atoms with Crippen molar-refractivity contribution in [3.63, 3.8) is 0 Å². The van der Waals surface area contributed by atoms with E-state index in [9.17, 15) is 14.4 Å². The lowest BCUT2D eigenvalue weighted by molar-refractivity contribution is -0.129. The summed E-state index contributed by atoms with van der Waals surface area (Å²) in [4.78, 5) is 44.6. The fourth-order valence-corrected chi connectivity index (χ4v) is 6.28. The molecule has 8 nitrogen and oxygen atoms in total. The number of carbonyl (C=O) groups is 2. The Morgan fingerprint density at radius 2 is 1.73 bits per heavy atom. The molecule has 0 bridgehead atoms. The fourth-order valence-electron chi connectivity index (χ4n) is 6.13. The molecule has 1 aliphatic heterocycles. The van der Waals surface area contributed by atoms with Gasteiger partial charge in [0.15, 0.2) is 0 Å². The highest BCUT2D eigenvalue weighted by molar-refractivity contribution is 6.30. The molecule has 40 heavy (non-hydrogen) atoms. The van der Waals surface area contributed by atoms with Gasteiger partial charge < -0.3 is 10.2 Å². The summed E-state index contributed by atoms with van der Waals surface area (Å²) in [5, 5.41) is 3.60. The van der Waals surface area contributed by atoms with Crippen molar-refractivity contribution in [1.82, 2.24) is 24.3 Å². The number of para-hydroxylation sites is 2. The maximum absolute atomic E-state index is 13.8. The summed E-state index contributed by atoms with van der Waals surface area (Å²) in [7, 11) is 0. The van der Waals surface area contributed by atoms with Crippen LogP contribution in [-0.4, -0.2) is 36.9 Å². The minimum absolute atomic E-state index is 0.0531. The zero-order valence-corrected chi connectivity index (χ0v) is 23.4. The van der Waals surface area contributed by atoms with Gasteiger partial charge in [0.05, 0.1) is 33.0 Å². The molecule has 1 aliphatic carbocycles. The van der Waals surface area contributed by atoms with Gasteiger partial charge in [-0.25, -0.2) is 4.79 Å². The molecule has 4 aromatic rings. The number of hydrogen-bond acceptors (Lipinski definition) is 4. The molecule has 3 heterocycles. The molecular formula is C31H32ClN5O3. The third-order valence-corrected chi connectivity index (χ3v) is 8.58. The molecular weight excluding hydrogens is 526 g/mol. The molecule has 1 fully saturated rings. The second-order valence-electron chi connectivity index (χ2n) is 11.0. The number of nitrogens with zero attached hydrogens (tertiary/aromatic N) is 4. The van der Waals surface area contributed by atoms with E-state index in [1.165, 1.54) is 0 Å². The van der Waals surface area contributed by atoms with Crippen molar-refractivity contribution in [2.24, 2.45) is 5.92 Å². The van der Waals surface area contributed by atoms with E-state index in [0.717, 1.165) is 53.5 Å². The molecule has 2 aromatic heterocycles. The first-order valence-electron chi connectivity index (χ1n) is 13.8. The van der Waals surface area contributed by atoms with Crippen LogP contribution in [0.15, 0.2) is 59.5 Å². The maximum Gasteiger partial charge on any atom is 0.333 e. The molecule has 1 N–H and O–H groups in total. The van der Waals surface area contributed by atoms with Crippen molar-refractivity contribution < 1.29 is 9.59 Å². The molecule has 6 rings (SSSR count). The molecule has 1 saturated carbocycles. The SMILES string of the molecule is CC(=O)N1Cc2ccc(-n3c(=O)n(C[C@H]4CC[C@H](NC(=O)c5cc(Cl)cnc5C)CC4)c4ccccc43)cc2C1. The number of amides is 2. The van der Waals surface area contributed by atoms with Gasteiger partial charge in [0.25, 0.3) is 5.91 Å². The normalized spacial score (nSPS) is 18.6. The lowest BCUT2D eigenvalue weighted by Gasteiger charge is -2.29. The molecule has 9 heteroatoms. The number of fused-ring (bicyclic) bond motifs is 2. The first-order valence-corrected chi connectivity index (χ1v) is 14.2. The van der Waals surface area contributed by atoms with Crippen LogP contribution in [0.1, 0.15) is 59.8 Å². The smallest absolute Gasteiger partial charge is 0.333 e. The zero-order chi connectivity index (χ0) is 28.0. The van der Waals surface area contributed by atoms with Gasteiger partial charge in [0, 0.05) is 38.8 Å². The number of aromatic nitrogens is 3. The first kappa shape index (κ1) is 26.3. The number of nitrogens with one attached hydrogen (secondary N) is 1. The second-order valence-corrected chi connectivity index (χ2v) is 11.5. The number of aryl methyl sites for hydroxylation is 1. The van der Waals surface area contributed by atoms with E-state index in [1.54, 1.807) is 30.7 Å². The van der Waals surface area contributed by atoms with Crippen LogP contribution in [-0.2, 0) is 24.4 Å². The van der Waals surface area contributed by atoms with Gasteiger partial charge in [-0.3, -0.25) is 23.7 Å². The highest BCUT2D eigenvalue weighted by Gasteiger charge is 2.26. The highest BCUT2D eigenvalue weighted by atomic mass is 35.5. The predicted octanol–water partition coefficient (Wildman–Crippen LogP) is 5.00. The lowest BCUT2D eigenvalue weighted by atomic mass is 9.85. The minimum atomic E-state index is -0.143. The number of hydrogen-bond donors (Lipinski definition) is 1. The van der Waals surface area contributed by atoms with E-state index >= 15 is 0 Å². The summed E-state index contributed by atoms with van der Waals surface area (Å²) in [6.45, 7) is 5.21. The quantitative estimate of drug-likeness (QED) is 0.374. The fraction of sp³-hybridized carbons (Fsp3) is 0.355. The van der Waals surface area contributed by atoms with E-state index in [2.05, 4.69) is 10.3 Å². The van der Waals surface area contributed by atoms with Crippen LogP contribution < -0.4 is 11.0 Å². The maximum atomic E-state index is 13.8. The standard InChI is InChI=1S/C31H32ClN5O3/c1-19-27(14-24(32)15-33-19)30(39)34-25-10-7-21(8-11-25)16-36-28-5-3-4-6-29(28)37(31(36)40)26-12-9-22-17-35(20(2)38)18-23(22)13-26/h3-6,9,12-15,21,25H,7-8,10-11,16-18H2,1-2H3,(H,34,39)/t21-,25-. The Bertz CT molecular complexity index is 1680. The van der Waals surface area contributed by atoms with Crippen LogP contribution in [0, 0.1) is 12.8 Å². The second kappa shape index (κ2) is 10.6. The average molecular weight is 558 g/mol. The third-order valence-electron chi connectivity index (χ3n) is 8.37. The van der Waals surface area contributed by atoms with Crippen LogP contribution in [0.4, 0.5) is 0 Å². The first-order chi connectivity index (χ1) is 19.3. The lowest BCUT2D eigenvalue weighted by Crippen LogP contribution is -2.39. The van der Waals surface area contributed by atoms with Crippen LogP contribution in [0.2, 0.25) is 5.02 Å². The Labute approximate surface area is 237 Å². The van der Waals surface area contributed by atoms with Crippen LogP contribution in [0.25, 0.3) is 16.7 Å². The Balaban J connectivity index is 1.19. The van der Waals surface area contributed by atoms with Crippen molar-refractivity contribution in [3.05, 3.63) is 92.6 Å². The van der Waals surface area contributed by atoms with Gasteiger partial charge in [0.1, 0.15) is 0 Å². The molecule has 0 spiro atoms. The Kier molecular flexibility index (Phi) is 6.96. The number of carbonyl (C=O) groups excluding carboxylic acids is 2. The van der Waals surface area contributed by atoms with Gasteiger partial charge in [-0.05, 0) is 80.0 Å². The summed E-state index contributed by atoms with van der Waals surface area (Å²) in [6.07, 6.45) is 5.10. The minimum Gasteiger partial charge on any atom is -0.349 e. The van der Waals surface area contributed by atoms with Crippen molar-refractivity contribution >= 4 is 34.4 Å². The molecule has 2 amide bonds. The number of halogens is 1. The molecule has 2 aromatic carbocycles. The van der Waals surface area contributed by atoms with Crippen molar-refractivity contribution in [2.75, 3.05) is 0 Å². The Hall–Kier alpha value is -3.91. The molecule has 0 radical (unpaired) electrons. The highest BCUT2D eigenvalue weighted by Crippen LogP contribution is 2.29. The van der Waals surface area contributed by atoms with Gasteiger partial charge >= 0.3 is 5.69 Å². The summed E-state index contributed by atoms with van der Waals surface area (Å²) in [5.74, 6) is 0.247. The summed E-state index contributed by atoms with van der Waals surface area (Å²) in [5.41, 5.74) is 5.93. The van der Waals surface area contributed by atoms with Gasteiger partial charge in [0.2, 0.25) is 5.91 Å². The number of pyridine rings is 1. The van der Waals surface area contributed by atoms with Crippen molar-refractivity contribution in [1.29, 1.82) is 0 Å². The van der Waals surface area contributed by atoms with Crippen LogP contribution in [0.5, 0.6) is 0 Å². The topological polar surface area (TPSA) is 89.2 Å². The van der Waals surface area contributed by atoms with Crippen molar-refractivity contribution in [2.45, 2.75) is 65.2 Å². The van der Waals surface area contributed by atoms with Gasteiger partial charge in [-0.1, -0.05) is 29.8 Å². The van der Waals surface area contributed by atoms with Crippen LogP contribution >= 0.6 is 11.6 Å². The number of imidazole rings is 1. The zero-order valence-electron chi connectivity index (χ0n) is 22.7. The largest absolute Gasteiger partial charge is 0.349 e.